The van der Waals surface area contributed by atoms with Gasteiger partial charge in [-0.05, 0) is 20.3 Å². The summed E-state index contributed by atoms with van der Waals surface area (Å²) in [5.41, 5.74) is 2.92. The maximum absolute atomic E-state index is 11.2. The van der Waals surface area contributed by atoms with Crippen LogP contribution in [0.25, 0.3) is 10.9 Å². The first-order valence-corrected chi connectivity index (χ1v) is 7.74. The van der Waals surface area contributed by atoms with Crippen LogP contribution in [0.1, 0.15) is 26.0 Å². The van der Waals surface area contributed by atoms with Crippen LogP contribution in [-0.4, -0.2) is 39.6 Å². The van der Waals surface area contributed by atoms with Gasteiger partial charge in [0.2, 0.25) is 5.91 Å². The van der Waals surface area contributed by atoms with E-state index in [4.69, 9.17) is 4.74 Å². The van der Waals surface area contributed by atoms with Crippen LogP contribution in [0.5, 0.6) is 0 Å². The van der Waals surface area contributed by atoms with Crippen molar-refractivity contribution in [3.05, 3.63) is 18.0 Å². The highest BCUT2D eigenvalue weighted by Gasteiger charge is 2.18. The second-order valence-corrected chi connectivity index (χ2v) is 5.85. The lowest BCUT2D eigenvalue weighted by molar-refractivity contribution is -0.114. The minimum atomic E-state index is -0.144. The Bertz CT molecular complexity index is 759. The quantitative estimate of drug-likeness (QED) is 0.877. The molecule has 0 spiro atoms. The van der Waals surface area contributed by atoms with Crippen LogP contribution in [0.3, 0.4) is 0 Å². The summed E-state index contributed by atoms with van der Waals surface area (Å²) in [6.45, 7) is 7.47. The molecule has 3 heterocycles. The van der Waals surface area contributed by atoms with E-state index in [9.17, 15) is 4.79 Å². The second kappa shape index (κ2) is 6.45. The molecular formula is C16H21N5O2. The Morgan fingerprint density at radius 2 is 2.35 bits per heavy atom. The molecule has 0 radical (unpaired) electrons. The molecule has 23 heavy (non-hydrogen) atoms. The molecule has 0 aromatic carbocycles. The molecule has 0 bridgehead atoms. The summed E-state index contributed by atoms with van der Waals surface area (Å²) in [4.78, 5) is 20.1. The molecule has 2 aromatic heterocycles. The van der Waals surface area contributed by atoms with Gasteiger partial charge in [0.05, 0.1) is 17.8 Å². The van der Waals surface area contributed by atoms with Gasteiger partial charge in [0.1, 0.15) is 12.5 Å². The van der Waals surface area contributed by atoms with E-state index in [1.165, 1.54) is 6.92 Å². The normalized spacial score (nSPS) is 18.6. The van der Waals surface area contributed by atoms with Crippen molar-refractivity contribution in [3.63, 3.8) is 0 Å². The molecule has 1 unspecified atom stereocenters. The van der Waals surface area contributed by atoms with Crippen molar-refractivity contribution in [1.82, 2.24) is 14.8 Å². The number of nitrogens with one attached hydrogen (secondary N) is 1. The highest BCUT2D eigenvalue weighted by Crippen LogP contribution is 2.21. The highest BCUT2D eigenvalue weighted by molar-refractivity contribution is 5.91. The molecule has 1 aliphatic rings. The number of carbonyl (C=O) groups is 1. The van der Waals surface area contributed by atoms with Crippen LogP contribution in [0, 0.1) is 12.8 Å². The number of ether oxygens (including phenoxy) is 1. The summed E-state index contributed by atoms with van der Waals surface area (Å²) >= 11 is 0. The molecule has 7 heteroatoms. The van der Waals surface area contributed by atoms with E-state index >= 15 is 0 Å². The number of anilines is 1. The third-order valence-electron chi connectivity index (χ3n) is 4.10. The third kappa shape index (κ3) is 3.39. The molecular weight excluding hydrogens is 294 g/mol. The summed E-state index contributed by atoms with van der Waals surface area (Å²) in [6, 6.07) is 1.83. The number of aliphatic imine (C=N–C) groups is 1. The van der Waals surface area contributed by atoms with Crippen molar-refractivity contribution in [3.8, 4) is 0 Å². The standard InChI is InChI=1S/C16H21N5O2/c1-10(13-4-5-23-8-13)18-9-21-15-6-16(19-12(3)22)17-7-14(15)11(2)20-21/h6-7,13H,4-5,8-9H2,1-3H3,(H,17,19,22). The van der Waals surface area contributed by atoms with E-state index in [2.05, 4.69) is 20.4 Å². The SMILES string of the molecule is CC(=O)Nc1cc2c(cn1)c(C)nn2CN=C(C)C1CCOC1. The molecule has 0 aliphatic carbocycles. The lowest BCUT2D eigenvalue weighted by Crippen LogP contribution is -2.12. The van der Waals surface area contributed by atoms with Gasteiger partial charge in [-0.2, -0.15) is 5.10 Å². The predicted octanol–water partition coefficient (Wildman–Crippen LogP) is 2.15. The largest absolute Gasteiger partial charge is 0.381 e. The lowest BCUT2D eigenvalue weighted by Gasteiger charge is -2.08. The Morgan fingerprint density at radius 1 is 1.52 bits per heavy atom. The molecule has 1 aliphatic heterocycles. The molecule has 2 aromatic rings. The van der Waals surface area contributed by atoms with Crippen LogP contribution in [0.4, 0.5) is 5.82 Å². The highest BCUT2D eigenvalue weighted by atomic mass is 16.5. The Kier molecular flexibility index (Phi) is 4.38. The van der Waals surface area contributed by atoms with Crippen LogP contribution in [0.15, 0.2) is 17.3 Å². The fourth-order valence-corrected chi connectivity index (χ4v) is 2.75. The third-order valence-corrected chi connectivity index (χ3v) is 4.10. The molecule has 1 atom stereocenters. The van der Waals surface area contributed by atoms with Gasteiger partial charge < -0.3 is 10.1 Å². The molecule has 7 nitrogen and oxygen atoms in total. The Balaban J connectivity index is 1.87. The summed E-state index contributed by atoms with van der Waals surface area (Å²) in [5, 5.41) is 8.20. The number of fused-ring (bicyclic) bond motifs is 1. The number of hydrogen-bond acceptors (Lipinski definition) is 5. The minimum absolute atomic E-state index is 0.144. The summed E-state index contributed by atoms with van der Waals surface area (Å²) in [7, 11) is 0. The number of carbonyl (C=O) groups excluding carboxylic acids is 1. The summed E-state index contributed by atoms with van der Waals surface area (Å²) in [6.07, 6.45) is 2.77. The first-order valence-electron chi connectivity index (χ1n) is 7.74. The van der Waals surface area contributed by atoms with Gasteiger partial charge in [0.15, 0.2) is 0 Å². The molecule has 1 N–H and O–H groups in total. The van der Waals surface area contributed by atoms with Crippen molar-refractivity contribution in [1.29, 1.82) is 0 Å². The average molecular weight is 315 g/mol. The van der Waals surface area contributed by atoms with E-state index in [0.717, 1.165) is 41.9 Å². The predicted molar refractivity (Wildman–Crippen MR) is 88.6 cm³/mol. The Labute approximate surface area is 134 Å². The monoisotopic (exact) mass is 315 g/mol. The van der Waals surface area contributed by atoms with Crippen molar-refractivity contribution < 1.29 is 9.53 Å². The fourth-order valence-electron chi connectivity index (χ4n) is 2.75. The van der Waals surface area contributed by atoms with Gasteiger partial charge >= 0.3 is 0 Å². The smallest absolute Gasteiger partial charge is 0.222 e. The molecule has 3 rings (SSSR count). The molecule has 1 amide bonds. The summed E-state index contributed by atoms with van der Waals surface area (Å²) < 4.78 is 7.25. The first-order chi connectivity index (χ1) is 11.0. The van der Waals surface area contributed by atoms with Crippen molar-refractivity contribution in [2.45, 2.75) is 33.9 Å². The minimum Gasteiger partial charge on any atom is -0.381 e. The van der Waals surface area contributed by atoms with Crippen LogP contribution in [-0.2, 0) is 16.2 Å². The van der Waals surface area contributed by atoms with Crippen molar-refractivity contribution >= 4 is 28.3 Å². The second-order valence-electron chi connectivity index (χ2n) is 5.85. The van der Waals surface area contributed by atoms with Crippen molar-refractivity contribution in [2.24, 2.45) is 10.9 Å². The van der Waals surface area contributed by atoms with E-state index in [-0.39, 0.29) is 5.91 Å². The molecule has 1 fully saturated rings. The number of rotatable bonds is 4. The number of pyridine rings is 1. The van der Waals surface area contributed by atoms with Gasteiger partial charge in [0, 0.05) is 42.8 Å². The zero-order valence-corrected chi connectivity index (χ0v) is 13.7. The number of hydrogen-bond donors (Lipinski definition) is 1. The number of aryl methyl sites for hydroxylation is 1. The topological polar surface area (TPSA) is 81.4 Å². The molecule has 0 saturated carbocycles. The van der Waals surface area contributed by atoms with E-state index < -0.39 is 0 Å². The number of nitrogens with zero attached hydrogens (tertiary/aromatic N) is 4. The van der Waals surface area contributed by atoms with Gasteiger partial charge in [-0.25, -0.2) is 9.67 Å². The van der Waals surface area contributed by atoms with E-state index in [1.54, 1.807) is 6.20 Å². The molecule has 122 valence electrons. The maximum atomic E-state index is 11.2. The van der Waals surface area contributed by atoms with E-state index in [0.29, 0.717) is 18.4 Å². The van der Waals surface area contributed by atoms with Crippen molar-refractivity contribution in [2.75, 3.05) is 18.5 Å². The van der Waals surface area contributed by atoms with Crippen LogP contribution >= 0.6 is 0 Å². The average Bonchev–Trinajstić information content (AvgIpc) is 3.13. The lowest BCUT2D eigenvalue weighted by atomic mass is 10.0. The van der Waals surface area contributed by atoms with Gasteiger partial charge in [-0.3, -0.25) is 9.79 Å². The Morgan fingerprint density at radius 3 is 3.04 bits per heavy atom. The zero-order chi connectivity index (χ0) is 16.4. The van der Waals surface area contributed by atoms with Crippen LogP contribution < -0.4 is 5.32 Å². The fraction of sp³-hybridized carbons (Fsp3) is 0.500. The number of aromatic nitrogens is 3. The van der Waals surface area contributed by atoms with E-state index in [1.807, 2.05) is 24.6 Å². The number of amides is 1. The zero-order valence-electron chi connectivity index (χ0n) is 13.7. The first kappa shape index (κ1) is 15.6. The molecule has 1 saturated heterocycles. The maximum Gasteiger partial charge on any atom is 0.222 e. The van der Waals surface area contributed by atoms with Crippen LogP contribution in [0.2, 0.25) is 0 Å². The van der Waals surface area contributed by atoms with Gasteiger partial charge in [-0.15, -0.1) is 0 Å². The Hall–Kier alpha value is -2.28. The summed E-state index contributed by atoms with van der Waals surface area (Å²) in [5.74, 6) is 0.792. The van der Waals surface area contributed by atoms with Gasteiger partial charge in [-0.1, -0.05) is 0 Å². The van der Waals surface area contributed by atoms with Gasteiger partial charge in [0.25, 0.3) is 0 Å².